The van der Waals surface area contributed by atoms with Gasteiger partial charge in [0.2, 0.25) is 11.7 Å². The Morgan fingerprint density at radius 1 is 1.17 bits per heavy atom. The van der Waals surface area contributed by atoms with Crippen molar-refractivity contribution in [1.29, 1.82) is 0 Å². The number of carbonyl (C=O) groups excluding carboxylic acids is 1. The van der Waals surface area contributed by atoms with Gasteiger partial charge in [-0.25, -0.2) is 0 Å². The largest absolute Gasteiger partial charge is 0.486 e. The van der Waals surface area contributed by atoms with Crippen LogP contribution in [0.1, 0.15) is 25.3 Å². The fourth-order valence-electron chi connectivity index (χ4n) is 3.24. The lowest BCUT2D eigenvalue weighted by Gasteiger charge is -2.29. The van der Waals surface area contributed by atoms with Gasteiger partial charge in [-0.05, 0) is 28.8 Å². The Labute approximate surface area is 175 Å². The van der Waals surface area contributed by atoms with Crippen LogP contribution in [0.5, 0.6) is 11.5 Å². The number of hydrogen-bond acceptors (Lipinski definition) is 6. The molecule has 1 aliphatic heterocycles. The summed E-state index contributed by atoms with van der Waals surface area (Å²) in [5, 5.41) is 12.4. The van der Waals surface area contributed by atoms with E-state index in [-0.39, 0.29) is 18.6 Å². The van der Waals surface area contributed by atoms with Crippen LogP contribution in [0.4, 0.5) is 0 Å². The van der Waals surface area contributed by atoms with Gasteiger partial charge in [-0.15, -0.1) is 10.2 Å². The zero-order valence-corrected chi connectivity index (χ0v) is 17.4. The lowest BCUT2D eigenvalue weighted by molar-refractivity contribution is -0.132. The number of hydrogen-bond donors (Lipinski definition) is 0. The van der Waals surface area contributed by atoms with E-state index in [9.17, 15) is 4.79 Å². The molecule has 8 heteroatoms. The molecule has 0 spiro atoms. The van der Waals surface area contributed by atoms with Crippen molar-refractivity contribution in [3.8, 4) is 22.9 Å². The molecule has 0 saturated carbocycles. The maximum absolute atomic E-state index is 12.6. The van der Waals surface area contributed by atoms with Crippen LogP contribution in [0.15, 0.2) is 48.5 Å². The summed E-state index contributed by atoms with van der Waals surface area (Å²) in [5.41, 5.74) is 2.12. The van der Waals surface area contributed by atoms with Crippen LogP contribution < -0.4 is 9.47 Å². The molecule has 1 atom stereocenters. The first kappa shape index (κ1) is 19.9. The molecular formula is C22H25N5O3. The molecule has 0 radical (unpaired) electrons. The highest BCUT2D eigenvalue weighted by Crippen LogP contribution is 2.31. The van der Waals surface area contributed by atoms with E-state index >= 15 is 0 Å². The summed E-state index contributed by atoms with van der Waals surface area (Å²) < 4.78 is 11.6. The van der Waals surface area contributed by atoms with Gasteiger partial charge in [0, 0.05) is 12.6 Å². The first-order chi connectivity index (χ1) is 14.5. The van der Waals surface area contributed by atoms with Crippen molar-refractivity contribution in [2.75, 3.05) is 20.2 Å². The van der Waals surface area contributed by atoms with Gasteiger partial charge >= 0.3 is 0 Å². The second-order valence-corrected chi connectivity index (χ2v) is 7.69. The number of carbonyl (C=O) groups is 1. The number of amides is 1. The summed E-state index contributed by atoms with van der Waals surface area (Å²) in [6.45, 7) is 5.11. The zero-order valence-electron chi connectivity index (χ0n) is 17.4. The number of tetrazole rings is 1. The Bertz CT molecular complexity index is 1020. The summed E-state index contributed by atoms with van der Waals surface area (Å²) in [7, 11) is 1.73. The lowest BCUT2D eigenvalue weighted by Crippen LogP contribution is -2.43. The van der Waals surface area contributed by atoms with Crippen LogP contribution in [0, 0.1) is 0 Å². The number of likely N-dealkylation sites (N-methyl/N-ethyl adjacent to an activating group) is 1. The minimum Gasteiger partial charge on any atom is -0.486 e. The Kier molecular flexibility index (Phi) is 5.65. The van der Waals surface area contributed by atoms with Crippen molar-refractivity contribution in [2.45, 2.75) is 32.4 Å². The van der Waals surface area contributed by atoms with E-state index in [1.807, 2.05) is 36.4 Å². The van der Waals surface area contributed by atoms with Gasteiger partial charge in [0.15, 0.2) is 17.6 Å². The molecule has 3 aromatic rings. The highest BCUT2D eigenvalue weighted by atomic mass is 16.6. The maximum atomic E-state index is 12.6. The quantitative estimate of drug-likeness (QED) is 0.625. The second kappa shape index (κ2) is 8.52. The van der Waals surface area contributed by atoms with Crippen molar-refractivity contribution in [3.63, 3.8) is 0 Å². The van der Waals surface area contributed by atoms with Crippen LogP contribution in [0.3, 0.4) is 0 Å². The van der Waals surface area contributed by atoms with Gasteiger partial charge in [-0.3, -0.25) is 4.79 Å². The number of benzene rings is 2. The molecule has 0 N–H and O–H groups in total. The second-order valence-electron chi connectivity index (χ2n) is 7.69. The van der Waals surface area contributed by atoms with E-state index in [2.05, 4.69) is 41.4 Å². The van der Waals surface area contributed by atoms with Crippen molar-refractivity contribution < 1.29 is 14.3 Å². The molecule has 1 unspecified atom stereocenters. The van der Waals surface area contributed by atoms with Gasteiger partial charge in [0.25, 0.3) is 0 Å². The molecule has 4 rings (SSSR count). The normalized spacial score (nSPS) is 15.3. The standard InChI is InChI=1S/C22H25N5O3/c1-15(2)16-8-10-17(11-9-16)22-23-25-27(24-22)13-21(28)26(3)12-18-14-29-19-6-4-5-7-20(19)30-18/h4-11,15,18H,12-14H2,1-3H3. The summed E-state index contributed by atoms with van der Waals surface area (Å²) in [6, 6.07) is 15.6. The monoisotopic (exact) mass is 407 g/mol. The van der Waals surface area contributed by atoms with Crippen molar-refractivity contribution in [1.82, 2.24) is 25.1 Å². The van der Waals surface area contributed by atoms with Gasteiger partial charge in [-0.1, -0.05) is 50.2 Å². The first-order valence-corrected chi connectivity index (χ1v) is 10.00. The van der Waals surface area contributed by atoms with Crippen LogP contribution in [-0.2, 0) is 11.3 Å². The van der Waals surface area contributed by atoms with Crippen molar-refractivity contribution in [3.05, 3.63) is 54.1 Å². The average Bonchev–Trinajstić information content (AvgIpc) is 3.22. The smallest absolute Gasteiger partial charge is 0.246 e. The SMILES string of the molecule is CC(C)c1ccc(-c2nnn(CC(=O)N(C)CC3COc4ccccc4O3)n2)cc1. The summed E-state index contributed by atoms with van der Waals surface area (Å²) >= 11 is 0. The molecule has 0 aliphatic carbocycles. The topological polar surface area (TPSA) is 82.4 Å². The predicted octanol–water partition coefficient (Wildman–Crippen LogP) is 2.76. The van der Waals surface area contributed by atoms with Gasteiger partial charge in [0.1, 0.15) is 13.2 Å². The third-order valence-corrected chi connectivity index (χ3v) is 5.04. The Balaban J connectivity index is 1.34. The van der Waals surface area contributed by atoms with Crippen molar-refractivity contribution >= 4 is 5.91 Å². The minimum atomic E-state index is -0.229. The number of nitrogens with zero attached hydrogens (tertiary/aromatic N) is 5. The van der Waals surface area contributed by atoms with Crippen LogP contribution in [-0.4, -0.2) is 57.3 Å². The van der Waals surface area contributed by atoms with Crippen LogP contribution in [0.25, 0.3) is 11.4 Å². The van der Waals surface area contributed by atoms with E-state index in [1.165, 1.54) is 10.4 Å². The van der Waals surface area contributed by atoms with Gasteiger partial charge < -0.3 is 14.4 Å². The molecule has 8 nitrogen and oxygen atoms in total. The van der Waals surface area contributed by atoms with Crippen LogP contribution in [0.2, 0.25) is 0 Å². The highest BCUT2D eigenvalue weighted by molar-refractivity contribution is 5.75. The molecular weight excluding hydrogens is 382 g/mol. The number of ether oxygens (including phenoxy) is 2. The number of rotatable bonds is 6. The fraction of sp³-hybridized carbons (Fsp3) is 0.364. The molecule has 30 heavy (non-hydrogen) atoms. The molecule has 0 saturated heterocycles. The van der Waals surface area contributed by atoms with E-state index in [4.69, 9.17) is 9.47 Å². The Morgan fingerprint density at radius 2 is 1.90 bits per heavy atom. The van der Waals surface area contributed by atoms with E-state index in [0.717, 1.165) is 11.3 Å². The highest BCUT2D eigenvalue weighted by Gasteiger charge is 2.24. The number of para-hydroxylation sites is 2. The first-order valence-electron chi connectivity index (χ1n) is 10.00. The number of fused-ring (bicyclic) bond motifs is 1. The lowest BCUT2D eigenvalue weighted by atomic mass is 10.0. The molecule has 2 heterocycles. The number of aromatic nitrogens is 4. The fourth-order valence-corrected chi connectivity index (χ4v) is 3.24. The van der Waals surface area contributed by atoms with E-state index < -0.39 is 0 Å². The molecule has 1 amide bonds. The van der Waals surface area contributed by atoms with Gasteiger partial charge in [-0.2, -0.15) is 4.80 Å². The maximum Gasteiger partial charge on any atom is 0.246 e. The predicted molar refractivity (Wildman–Crippen MR) is 111 cm³/mol. The zero-order chi connectivity index (χ0) is 21.1. The van der Waals surface area contributed by atoms with E-state index in [1.54, 1.807) is 11.9 Å². The minimum absolute atomic E-state index is 0.0116. The van der Waals surface area contributed by atoms with Gasteiger partial charge in [0.05, 0.1) is 6.54 Å². The molecule has 1 aromatic heterocycles. The molecule has 0 fully saturated rings. The summed E-state index contributed by atoms with van der Waals surface area (Å²) in [6.07, 6.45) is -0.229. The molecule has 156 valence electrons. The Morgan fingerprint density at radius 3 is 2.63 bits per heavy atom. The molecule has 2 aromatic carbocycles. The molecule has 0 bridgehead atoms. The van der Waals surface area contributed by atoms with E-state index in [0.29, 0.717) is 30.6 Å². The third kappa shape index (κ3) is 4.42. The average molecular weight is 407 g/mol. The summed E-state index contributed by atoms with van der Waals surface area (Å²) in [4.78, 5) is 15.5. The Hall–Kier alpha value is -3.42. The van der Waals surface area contributed by atoms with Crippen LogP contribution >= 0.6 is 0 Å². The summed E-state index contributed by atoms with van der Waals surface area (Å²) in [5.74, 6) is 2.25. The third-order valence-electron chi connectivity index (χ3n) is 5.04. The van der Waals surface area contributed by atoms with Crippen molar-refractivity contribution in [2.24, 2.45) is 0 Å². The molecule has 1 aliphatic rings.